The van der Waals surface area contributed by atoms with Crippen molar-refractivity contribution in [2.75, 3.05) is 11.9 Å². The van der Waals surface area contributed by atoms with Crippen LogP contribution >= 0.6 is 0 Å². The molecule has 0 bridgehead atoms. The van der Waals surface area contributed by atoms with Crippen LogP contribution in [0.25, 0.3) is 5.65 Å². The van der Waals surface area contributed by atoms with Gasteiger partial charge in [0.05, 0.1) is 0 Å². The molecule has 3 rings (SSSR count). The summed E-state index contributed by atoms with van der Waals surface area (Å²) in [6, 6.07) is 6.12. The molecule has 6 nitrogen and oxygen atoms in total. The zero-order chi connectivity index (χ0) is 13.2. The standard InChI is InChI=1S/C13H16N6/c1-10-7-12(19-13(8-10)15-9-17-19)14-5-3-11-4-6-16-18(11)2/h4,6-9,14H,3,5H2,1-2H3. The fourth-order valence-electron chi connectivity index (χ4n) is 2.15. The van der Waals surface area contributed by atoms with Gasteiger partial charge < -0.3 is 5.32 Å². The highest BCUT2D eigenvalue weighted by Crippen LogP contribution is 2.13. The van der Waals surface area contributed by atoms with E-state index in [2.05, 4.69) is 33.5 Å². The first kappa shape index (κ1) is 11.7. The van der Waals surface area contributed by atoms with Crippen molar-refractivity contribution in [3.8, 4) is 0 Å². The summed E-state index contributed by atoms with van der Waals surface area (Å²) in [6.45, 7) is 2.89. The topological polar surface area (TPSA) is 60.0 Å². The average molecular weight is 256 g/mol. The van der Waals surface area contributed by atoms with Crippen LogP contribution in [-0.2, 0) is 13.5 Å². The minimum Gasteiger partial charge on any atom is -0.370 e. The zero-order valence-corrected chi connectivity index (χ0v) is 11.0. The van der Waals surface area contributed by atoms with Gasteiger partial charge in [-0.3, -0.25) is 4.68 Å². The van der Waals surface area contributed by atoms with E-state index in [1.54, 1.807) is 6.33 Å². The smallest absolute Gasteiger partial charge is 0.157 e. The number of pyridine rings is 1. The quantitative estimate of drug-likeness (QED) is 0.767. The zero-order valence-electron chi connectivity index (χ0n) is 11.0. The van der Waals surface area contributed by atoms with E-state index in [9.17, 15) is 0 Å². The lowest BCUT2D eigenvalue weighted by molar-refractivity contribution is 0.710. The molecule has 0 unspecified atom stereocenters. The third-order valence-corrected chi connectivity index (χ3v) is 3.13. The molecule has 0 aromatic carbocycles. The third-order valence-electron chi connectivity index (χ3n) is 3.13. The second kappa shape index (κ2) is 4.72. The molecular formula is C13H16N6. The fraction of sp³-hybridized carbons (Fsp3) is 0.308. The normalized spacial score (nSPS) is 11.1. The van der Waals surface area contributed by atoms with Gasteiger partial charge in [0.1, 0.15) is 12.1 Å². The lowest BCUT2D eigenvalue weighted by Crippen LogP contribution is -2.11. The largest absolute Gasteiger partial charge is 0.370 e. The summed E-state index contributed by atoms with van der Waals surface area (Å²) in [5.41, 5.74) is 3.24. The molecule has 0 aliphatic rings. The Morgan fingerprint density at radius 1 is 1.26 bits per heavy atom. The molecule has 98 valence electrons. The van der Waals surface area contributed by atoms with Gasteiger partial charge in [-0.1, -0.05) is 0 Å². The van der Waals surface area contributed by atoms with Gasteiger partial charge in [0, 0.05) is 31.9 Å². The molecule has 3 aromatic heterocycles. The van der Waals surface area contributed by atoms with E-state index in [1.807, 2.05) is 34.6 Å². The number of rotatable bonds is 4. The molecule has 0 spiro atoms. The van der Waals surface area contributed by atoms with Crippen LogP contribution in [0.5, 0.6) is 0 Å². The summed E-state index contributed by atoms with van der Waals surface area (Å²) in [4.78, 5) is 4.21. The third kappa shape index (κ3) is 2.29. The molecule has 0 saturated heterocycles. The van der Waals surface area contributed by atoms with E-state index in [1.165, 1.54) is 11.3 Å². The Hall–Kier alpha value is -2.37. The molecule has 19 heavy (non-hydrogen) atoms. The summed E-state index contributed by atoms with van der Waals surface area (Å²) < 4.78 is 3.71. The second-order valence-corrected chi connectivity index (χ2v) is 4.57. The van der Waals surface area contributed by atoms with Gasteiger partial charge in [-0.15, -0.1) is 0 Å². The highest BCUT2D eigenvalue weighted by atomic mass is 15.3. The van der Waals surface area contributed by atoms with Crippen LogP contribution < -0.4 is 5.32 Å². The van der Waals surface area contributed by atoms with Crippen LogP contribution in [0.15, 0.2) is 30.7 Å². The SMILES string of the molecule is Cc1cc(NCCc2ccnn2C)n2ncnc2c1. The number of hydrogen-bond donors (Lipinski definition) is 1. The summed E-state index contributed by atoms with van der Waals surface area (Å²) in [6.07, 6.45) is 4.30. The Morgan fingerprint density at radius 3 is 2.95 bits per heavy atom. The maximum atomic E-state index is 4.22. The Labute approximate surface area is 111 Å². The number of fused-ring (bicyclic) bond motifs is 1. The number of hydrogen-bond acceptors (Lipinski definition) is 4. The van der Waals surface area contributed by atoms with Crippen LogP contribution in [0.1, 0.15) is 11.3 Å². The minimum atomic E-state index is 0.831. The lowest BCUT2D eigenvalue weighted by Gasteiger charge is -2.09. The van der Waals surface area contributed by atoms with Crippen LogP contribution in [-0.4, -0.2) is 30.9 Å². The number of nitrogens with one attached hydrogen (secondary N) is 1. The van der Waals surface area contributed by atoms with Crippen molar-refractivity contribution in [2.24, 2.45) is 7.05 Å². The monoisotopic (exact) mass is 256 g/mol. The van der Waals surface area contributed by atoms with Gasteiger partial charge in [-0.05, 0) is 30.7 Å². The Morgan fingerprint density at radius 2 is 2.16 bits per heavy atom. The number of aromatic nitrogens is 5. The number of anilines is 1. The van der Waals surface area contributed by atoms with Crippen molar-refractivity contribution in [1.29, 1.82) is 0 Å². The van der Waals surface area contributed by atoms with E-state index in [0.717, 1.165) is 24.4 Å². The maximum Gasteiger partial charge on any atom is 0.157 e. The molecule has 3 heterocycles. The first-order valence-corrected chi connectivity index (χ1v) is 6.25. The van der Waals surface area contributed by atoms with Crippen LogP contribution in [0.4, 0.5) is 5.82 Å². The highest BCUT2D eigenvalue weighted by molar-refractivity contribution is 5.51. The minimum absolute atomic E-state index is 0.831. The summed E-state index contributed by atoms with van der Waals surface area (Å²) in [5.74, 6) is 0.967. The Bertz CT molecular complexity index is 696. The van der Waals surface area contributed by atoms with E-state index >= 15 is 0 Å². The number of aryl methyl sites for hydroxylation is 2. The molecular weight excluding hydrogens is 240 g/mol. The predicted octanol–water partition coefficient (Wildman–Crippen LogP) is 1.43. The van der Waals surface area contributed by atoms with E-state index < -0.39 is 0 Å². The first-order valence-electron chi connectivity index (χ1n) is 6.25. The van der Waals surface area contributed by atoms with Gasteiger partial charge in [0.25, 0.3) is 0 Å². The van der Waals surface area contributed by atoms with Crippen molar-refractivity contribution < 1.29 is 0 Å². The van der Waals surface area contributed by atoms with Crippen molar-refractivity contribution >= 4 is 11.5 Å². The average Bonchev–Trinajstić information content (AvgIpc) is 2.98. The Balaban J connectivity index is 1.75. The van der Waals surface area contributed by atoms with E-state index in [0.29, 0.717) is 0 Å². The van der Waals surface area contributed by atoms with E-state index in [4.69, 9.17) is 0 Å². The molecule has 0 fully saturated rings. The molecule has 3 aromatic rings. The molecule has 0 aliphatic carbocycles. The van der Waals surface area contributed by atoms with Gasteiger partial charge in [0.2, 0.25) is 0 Å². The van der Waals surface area contributed by atoms with Gasteiger partial charge in [-0.2, -0.15) is 14.7 Å². The molecule has 6 heteroatoms. The highest BCUT2D eigenvalue weighted by Gasteiger charge is 2.04. The van der Waals surface area contributed by atoms with Crippen LogP contribution in [0, 0.1) is 6.92 Å². The van der Waals surface area contributed by atoms with Gasteiger partial charge in [0.15, 0.2) is 5.65 Å². The summed E-state index contributed by atoms with van der Waals surface area (Å²) >= 11 is 0. The van der Waals surface area contributed by atoms with Crippen molar-refractivity contribution in [1.82, 2.24) is 24.4 Å². The fourth-order valence-corrected chi connectivity index (χ4v) is 2.15. The molecule has 0 amide bonds. The molecule has 0 saturated carbocycles. The van der Waals surface area contributed by atoms with Crippen LogP contribution in [0.3, 0.4) is 0 Å². The van der Waals surface area contributed by atoms with E-state index in [-0.39, 0.29) is 0 Å². The van der Waals surface area contributed by atoms with Gasteiger partial charge in [-0.25, -0.2) is 4.98 Å². The summed E-state index contributed by atoms with van der Waals surface area (Å²) in [7, 11) is 1.96. The second-order valence-electron chi connectivity index (χ2n) is 4.57. The predicted molar refractivity (Wildman–Crippen MR) is 73.1 cm³/mol. The Kier molecular flexibility index (Phi) is 2.91. The summed E-state index contributed by atoms with van der Waals surface area (Å²) in [5, 5.41) is 11.8. The molecule has 0 radical (unpaired) electrons. The van der Waals surface area contributed by atoms with Crippen molar-refractivity contribution in [3.05, 3.63) is 42.0 Å². The molecule has 1 N–H and O–H groups in total. The van der Waals surface area contributed by atoms with Gasteiger partial charge >= 0.3 is 0 Å². The lowest BCUT2D eigenvalue weighted by atomic mass is 10.2. The van der Waals surface area contributed by atoms with Crippen molar-refractivity contribution in [3.63, 3.8) is 0 Å². The van der Waals surface area contributed by atoms with Crippen molar-refractivity contribution in [2.45, 2.75) is 13.3 Å². The molecule has 0 atom stereocenters. The first-order chi connectivity index (χ1) is 9.24. The van der Waals surface area contributed by atoms with Crippen LogP contribution in [0.2, 0.25) is 0 Å². The molecule has 0 aliphatic heterocycles. The number of nitrogens with zero attached hydrogens (tertiary/aromatic N) is 5. The maximum absolute atomic E-state index is 4.22.